The second-order valence-corrected chi connectivity index (χ2v) is 7.87. The Labute approximate surface area is 158 Å². The lowest BCUT2D eigenvalue weighted by molar-refractivity contribution is 0.673. The highest BCUT2D eigenvalue weighted by atomic mass is 14.4. The Bertz CT molecular complexity index is 835. The lowest BCUT2D eigenvalue weighted by atomic mass is 9.66. The highest BCUT2D eigenvalue weighted by Crippen LogP contribution is 2.44. The summed E-state index contributed by atoms with van der Waals surface area (Å²) in [7, 11) is 0. The van der Waals surface area contributed by atoms with Gasteiger partial charge in [0.1, 0.15) is 0 Å². The third kappa shape index (κ3) is 2.78. The maximum atomic E-state index is 2.40. The molecule has 0 fully saturated rings. The number of rotatable bonds is 3. The standard InChI is InChI=1S/C26H30/c1-17-11-8-14-23(20(17)4)26(7,24-15-9-12-18(2)21(24)5)25-16-10-13-19(3)22(25)6/h8-16H,1-7H3. The van der Waals surface area contributed by atoms with E-state index in [9.17, 15) is 0 Å². The summed E-state index contributed by atoms with van der Waals surface area (Å²) in [5, 5.41) is 0. The molecule has 0 aliphatic heterocycles. The molecule has 0 aromatic heterocycles. The molecule has 0 nitrogen and oxygen atoms in total. The maximum absolute atomic E-state index is 2.40. The molecule has 0 aliphatic carbocycles. The molecule has 0 N–H and O–H groups in total. The number of benzene rings is 3. The Balaban J connectivity index is 2.46. The number of hydrogen-bond acceptors (Lipinski definition) is 0. The fraction of sp³-hybridized carbons (Fsp3) is 0.308. The van der Waals surface area contributed by atoms with Crippen LogP contribution in [-0.2, 0) is 5.41 Å². The van der Waals surface area contributed by atoms with Gasteiger partial charge in [-0.2, -0.15) is 0 Å². The van der Waals surface area contributed by atoms with Crippen molar-refractivity contribution in [2.45, 2.75) is 53.9 Å². The van der Waals surface area contributed by atoms with E-state index in [4.69, 9.17) is 0 Å². The Morgan fingerprint density at radius 3 is 1.00 bits per heavy atom. The molecule has 134 valence electrons. The summed E-state index contributed by atoms with van der Waals surface area (Å²) in [5.74, 6) is 0. The molecule has 0 spiro atoms. The van der Waals surface area contributed by atoms with Crippen molar-refractivity contribution in [2.75, 3.05) is 0 Å². The zero-order chi connectivity index (χ0) is 19.1. The summed E-state index contributed by atoms with van der Waals surface area (Å²) in [5.41, 5.74) is 12.2. The van der Waals surface area contributed by atoms with Crippen molar-refractivity contribution in [3.8, 4) is 0 Å². The van der Waals surface area contributed by atoms with Crippen LogP contribution in [0.2, 0.25) is 0 Å². The van der Waals surface area contributed by atoms with Crippen LogP contribution >= 0.6 is 0 Å². The molecule has 0 unspecified atom stereocenters. The van der Waals surface area contributed by atoms with Gasteiger partial charge in [0.25, 0.3) is 0 Å². The minimum Gasteiger partial charge on any atom is -0.0617 e. The number of aryl methyl sites for hydroxylation is 3. The van der Waals surface area contributed by atoms with Crippen molar-refractivity contribution in [3.63, 3.8) is 0 Å². The maximum Gasteiger partial charge on any atom is 0.0431 e. The topological polar surface area (TPSA) is 0 Å². The molecule has 0 heteroatoms. The third-order valence-electron chi connectivity index (χ3n) is 6.43. The molecule has 0 amide bonds. The highest BCUT2D eigenvalue weighted by molar-refractivity contribution is 5.58. The van der Waals surface area contributed by atoms with Crippen LogP contribution in [0.15, 0.2) is 54.6 Å². The Kier molecular flexibility index (Phi) is 4.80. The molecular weight excluding hydrogens is 312 g/mol. The van der Waals surface area contributed by atoms with Gasteiger partial charge in [-0.1, -0.05) is 54.6 Å². The van der Waals surface area contributed by atoms with Crippen molar-refractivity contribution in [2.24, 2.45) is 0 Å². The van der Waals surface area contributed by atoms with Gasteiger partial charge in [0.05, 0.1) is 0 Å². The van der Waals surface area contributed by atoms with Crippen LogP contribution in [0.25, 0.3) is 0 Å². The molecule has 0 heterocycles. The largest absolute Gasteiger partial charge is 0.0617 e. The summed E-state index contributed by atoms with van der Waals surface area (Å²) < 4.78 is 0. The normalized spacial score (nSPS) is 11.7. The first-order valence-corrected chi connectivity index (χ1v) is 9.48. The molecule has 3 aromatic rings. The second kappa shape index (κ2) is 6.76. The van der Waals surface area contributed by atoms with Crippen LogP contribution < -0.4 is 0 Å². The first-order valence-electron chi connectivity index (χ1n) is 9.48. The van der Waals surface area contributed by atoms with Gasteiger partial charge in [0.15, 0.2) is 0 Å². The van der Waals surface area contributed by atoms with Crippen LogP contribution in [0.4, 0.5) is 0 Å². The second-order valence-electron chi connectivity index (χ2n) is 7.87. The average molecular weight is 343 g/mol. The molecule has 0 atom stereocenters. The smallest absolute Gasteiger partial charge is 0.0431 e. The van der Waals surface area contributed by atoms with Crippen LogP contribution in [0, 0.1) is 41.5 Å². The third-order valence-corrected chi connectivity index (χ3v) is 6.43. The van der Waals surface area contributed by atoms with E-state index < -0.39 is 0 Å². The molecule has 0 radical (unpaired) electrons. The summed E-state index contributed by atoms with van der Waals surface area (Å²) in [6.07, 6.45) is 0. The monoisotopic (exact) mass is 342 g/mol. The average Bonchev–Trinajstić information content (AvgIpc) is 2.61. The SMILES string of the molecule is Cc1cccc(C(C)(c2cccc(C)c2C)c2cccc(C)c2C)c1C. The number of hydrogen-bond donors (Lipinski definition) is 0. The van der Waals surface area contributed by atoms with Gasteiger partial charge >= 0.3 is 0 Å². The van der Waals surface area contributed by atoms with Crippen molar-refractivity contribution < 1.29 is 0 Å². The van der Waals surface area contributed by atoms with Crippen molar-refractivity contribution >= 4 is 0 Å². The van der Waals surface area contributed by atoms with E-state index in [2.05, 4.69) is 103 Å². The molecule has 0 saturated carbocycles. The summed E-state index contributed by atoms with van der Waals surface area (Å²) >= 11 is 0. The van der Waals surface area contributed by atoms with Gasteiger partial charge in [-0.15, -0.1) is 0 Å². The summed E-state index contributed by atoms with van der Waals surface area (Å²) in [6.45, 7) is 15.8. The van der Waals surface area contributed by atoms with Gasteiger partial charge in [-0.05, 0) is 98.5 Å². The molecule has 0 aliphatic rings. The van der Waals surface area contributed by atoms with Gasteiger partial charge < -0.3 is 0 Å². The Morgan fingerprint density at radius 2 is 0.731 bits per heavy atom. The van der Waals surface area contributed by atoms with Gasteiger partial charge in [0.2, 0.25) is 0 Å². The van der Waals surface area contributed by atoms with Crippen LogP contribution in [0.5, 0.6) is 0 Å². The quantitative estimate of drug-likeness (QED) is 0.454. The van der Waals surface area contributed by atoms with Crippen LogP contribution in [0.1, 0.15) is 57.0 Å². The van der Waals surface area contributed by atoms with E-state index in [0.717, 1.165) is 0 Å². The van der Waals surface area contributed by atoms with Crippen molar-refractivity contribution in [3.05, 3.63) is 105 Å². The molecule has 3 aromatic carbocycles. The fourth-order valence-electron chi connectivity index (χ4n) is 4.31. The van der Waals surface area contributed by atoms with Crippen LogP contribution in [0.3, 0.4) is 0 Å². The highest BCUT2D eigenvalue weighted by Gasteiger charge is 2.35. The minimum absolute atomic E-state index is 0.178. The van der Waals surface area contributed by atoms with E-state index in [1.807, 2.05) is 0 Å². The van der Waals surface area contributed by atoms with E-state index >= 15 is 0 Å². The first-order chi connectivity index (χ1) is 12.3. The zero-order valence-corrected chi connectivity index (χ0v) is 17.2. The van der Waals surface area contributed by atoms with Crippen LogP contribution in [-0.4, -0.2) is 0 Å². The minimum atomic E-state index is -0.178. The molecular formula is C26H30. The van der Waals surface area contributed by atoms with Crippen molar-refractivity contribution in [1.82, 2.24) is 0 Å². The predicted octanol–water partition coefficient (Wildman–Crippen LogP) is 6.89. The molecule has 26 heavy (non-hydrogen) atoms. The molecule has 0 saturated heterocycles. The van der Waals surface area contributed by atoms with E-state index in [1.54, 1.807) is 0 Å². The van der Waals surface area contributed by atoms with Gasteiger partial charge in [-0.3, -0.25) is 0 Å². The predicted molar refractivity (Wildman–Crippen MR) is 113 cm³/mol. The van der Waals surface area contributed by atoms with Gasteiger partial charge in [0, 0.05) is 5.41 Å². The van der Waals surface area contributed by atoms with Crippen molar-refractivity contribution in [1.29, 1.82) is 0 Å². The van der Waals surface area contributed by atoms with E-state index in [1.165, 1.54) is 50.1 Å². The lowest BCUT2D eigenvalue weighted by Gasteiger charge is -2.37. The Morgan fingerprint density at radius 1 is 0.462 bits per heavy atom. The zero-order valence-electron chi connectivity index (χ0n) is 17.2. The van der Waals surface area contributed by atoms with E-state index in [-0.39, 0.29) is 5.41 Å². The molecule has 0 bridgehead atoms. The molecule has 3 rings (SSSR count). The lowest BCUT2D eigenvalue weighted by Crippen LogP contribution is -2.29. The summed E-state index contributed by atoms with van der Waals surface area (Å²) in [6, 6.07) is 20.2. The Hall–Kier alpha value is -2.34. The fourth-order valence-corrected chi connectivity index (χ4v) is 4.31. The summed E-state index contributed by atoms with van der Waals surface area (Å²) in [4.78, 5) is 0. The van der Waals surface area contributed by atoms with Gasteiger partial charge in [-0.25, -0.2) is 0 Å². The first kappa shape index (κ1) is 18.5. The van der Waals surface area contributed by atoms with E-state index in [0.29, 0.717) is 0 Å².